The number of nitrogens with zero attached hydrogens (tertiary/aromatic N) is 4. The second kappa shape index (κ2) is 8.14. The van der Waals surface area contributed by atoms with Crippen molar-refractivity contribution in [3.8, 4) is 16.8 Å². The molecule has 0 unspecified atom stereocenters. The zero-order valence-electron chi connectivity index (χ0n) is 16.9. The fourth-order valence-corrected chi connectivity index (χ4v) is 4.02. The smallest absolute Gasteiger partial charge is 0.223 e. The zero-order chi connectivity index (χ0) is 21.2. The maximum absolute atomic E-state index is 13.7. The number of hydrogen-bond donors (Lipinski definition) is 0. The molecule has 0 radical (unpaired) electrons. The number of carbonyl (C=O) groups excluding carboxylic acids is 1. The lowest BCUT2D eigenvalue weighted by atomic mass is 10.0. The van der Waals surface area contributed by atoms with Crippen LogP contribution in [0.2, 0.25) is 0 Å². The van der Waals surface area contributed by atoms with Crippen LogP contribution in [0.4, 0.5) is 4.39 Å². The first-order chi connectivity index (χ1) is 15.2. The van der Waals surface area contributed by atoms with Gasteiger partial charge in [-0.25, -0.2) is 9.07 Å². The molecule has 0 aliphatic carbocycles. The molecule has 31 heavy (non-hydrogen) atoms. The first-order valence-corrected chi connectivity index (χ1v) is 10.3. The molecule has 1 aliphatic heterocycles. The first-order valence-electron chi connectivity index (χ1n) is 10.3. The number of aromatic nitrogens is 3. The van der Waals surface area contributed by atoms with E-state index in [1.54, 1.807) is 16.9 Å². The summed E-state index contributed by atoms with van der Waals surface area (Å²) in [5.41, 5.74) is 5.56. The summed E-state index contributed by atoms with van der Waals surface area (Å²) in [4.78, 5) is 14.9. The summed E-state index contributed by atoms with van der Waals surface area (Å²) >= 11 is 0. The molecule has 0 spiro atoms. The molecule has 6 heteroatoms. The Hall–Kier alpha value is -3.80. The van der Waals surface area contributed by atoms with Crippen molar-refractivity contribution in [2.24, 2.45) is 0 Å². The van der Waals surface area contributed by atoms with Gasteiger partial charge in [-0.3, -0.25) is 4.79 Å². The minimum atomic E-state index is -0.274. The minimum Gasteiger partial charge on any atom is -0.332 e. The van der Waals surface area contributed by atoms with Gasteiger partial charge in [-0.05, 0) is 52.9 Å². The Balaban J connectivity index is 1.45. The van der Waals surface area contributed by atoms with Gasteiger partial charge in [-0.2, -0.15) is 0 Å². The van der Waals surface area contributed by atoms with E-state index in [4.69, 9.17) is 0 Å². The van der Waals surface area contributed by atoms with E-state index in [0.717, 1.165) is 33.6 Å². The van der Waals surface area contributed by atoms with Crippen LogP contribution in [-0.2, 0) is 24.3 Å². The van der Waals surface area contributed by atoms with Crippen LogP contribution < -0.4 is 0 Å². The van der Waals surface area contributed by atoms with Crippen molar-refractivity contribution in [2.75, 3.05) is 0 Å². The Morgan fingerprint density at radius 2 is 1.77 bits per heavy atom. The lowest BCUT2D eigenvalue weighted by molar-refractivity contribution is -0.132. The first kappa shape index (κ1) is 19.2. The SMILES string of the molecule is O=C(CCc1ccccc1)N1Cc2cc(-c3cccc(F)c3)ccc2-n2nncc2C1. The normalized spacial score (nSPS) is 12.7. The predicted octanol–water partition coefficient (Wildman–Crippen LogP) is 4.55. The van der Waals surface area contributed by atoms with Gasteiger partial charge in [0.1, 0.15) is 5.82 Å². The van der Waals surface area contributed by atoms with Gasteiger partial charge >= 0.3 is 0 Å². The Kier molecular flexibility index (Phi) is 5.04. The third-order valence-corrected chi connectivity index (χ3v) is 5.62. The molecule has 3 aromatic carbocycles. The van der Waals surface area contributed by atoms with E-state index >= 15 is 0 Å². The standard InChI is InChI=1S/C25H21FN4O/c26-22-8-4-7-19(14-22)20-10-11-24-21(13-20)16-29(17-23-15-27-28-30(23)24)25(31)12-9-18-5-2-1-3-6-18/h1-8,10-11,13-15H,9,12,16-17H2. The average Bonchev–Trinajstić information content (AvgIpc) is 3.19. The highest BCUT2D eigenvalue weighted by Gasteiger charge is 2.24. The Bertz CT molecular complexity index is 1240. The van der Waals surface area contributed by atoms with Crippen LogP contribution in [0.15, 0.2) is 79.0 Å². The Morgan fingerprint density at radius 1 is 0.935 bits per heavy atom. The van der Waals surface area contributed by atoms with E-state index < -0.39 is 0 Å². The van der Waals surface area contributed by atoms with E-state index in [0.29, 0.717) is 25.9 Å². The monoisotopic (exact) mass is 412 g/mol. The summed E-state index contributed by atoms with van der Waals surface area (Å²) in [5.74, 6) is -0.190. The zero-order valence-corrected chi connectivity index (χ0v) is 16.9. The van der Waals surface area contributed by atoms with Crippen LogP contribution in [0.5, 0.6) is 0 Å². The summed E-state index contributed by atoms with van der Waals surface area (Å²) in [6, 6.07) is 22.5. The van der Waals surface area contributed by atoms with Gasteiger partial charge in [-0.15, -0.1) is 5.10 Å². The van der Waals surface area contributed by atoms with Crippen molar-refractivity contribution in [2.45, 2.75) is 25.9 Å². The molecule has 4 aromatic rings. The number of halogens is 1. The molecule has 5 nitrogen and oxygen atoms in total. The van der Waals surface area contributed by atoms with Crippen LogP contribution in [0.3, 0.4) is 0 Å². The number of fused-ring (bicyclic) bond motifs is 3. The lowest BCUT2D eigenvalue weighted by Crippen LogP contribution is -2.29. The molecule has 0 N–H and O–H groups in total. The van der Waals surface area contributed by atoms with Gasteiger partial charge in [0.25, 0.3) is 0 Å². The topological polar surface area (TPSA) is 51.0 Å². The molecule has 0 fully saturated rings. The molecule has 2 heterocycles. The quantitative estimate of drug-likeness (QED) is 0.494. The van der Waals surface area contributed by atoms with Crippen LogP contribution >= 0.6 is 0 Å². The molecule has 1 aromatic heterocycles. The maximum atomic E-state index is 13.7. The van der Waals surface area contributed by atoms with Crippen molar-refractivity contribution in [1.29, 1.82) is 0 Å². The number of amides is 1. The fraction of sp³-hybridized carbons (Fsp3) is 0.160. The van der Waals surface area contributed by atoms with E-state index in [1.165, 1.54) is 12.1 Å². The van der Waals surface area contributed by atoms with E-state index in [-0.39, 0.29) is 11.7 Å². The average molecular weight is 412 g/mol. The highest BCUT2D eigenvalue weighted by Crippen LogP contribution is 2.29. The van der Waals surface area contributed by atoms with Crippen LogP contribution in [0.1, 0.15) is 23.2 Å². The van der Waals surface area contributed by atoms with Crippen molar-refractivity contribution in [3.05, 3.63) is 102 Å². The summed E-state index contributed by atoms with van der Waals surface area (Å²) in [7, 11) is 0. The number of carbonyl (C=O) groups is 1. The molecule has 0 atom stereocenters. The number of aryl methyl sites for hydroxylation is 1. The fourth-order valence-electron chi connectivity index (χ4n) is 4.02. The minimum absolute atomic E-state index is 0.0839. The Labute approximate surface area is 179 Å². The largest absolute Gasteiger partial charge is 0.332 e. The van der Waals surface area contributed by atoms with Crippen molar-refractivity contribution in [1.82, 2.24) is 19.9 Å². The molecule has 1 aliphatic rings. The van der Waals surface area contributed by atoms with Crippen LogP contribution in [-0.4, -0.2) is 25.8 Å². The summed E-state index contributed by atoms with van der Waals surface area (Å²) < 4.78 is 15.5. The second-order valence-corrected chi connectivity index (χ2v) is 7.73. The highest BCUT2D eigenvalue weighted by molar-refractivity contribution is 5.77. The molecule has 0 saturated carbocycles. The Morgan fingerprint density at radius 3 is 2.61 bits per heavy atom. The van der Waals surface area contributed by atoms with Crippen LogP contribution in [0, 0.1) is 5.82 Å². The molecule has 0 bridgehead atoms. The molecule has 154 valence electrons. The van der Waals surface area contributed by atoms with Gasteiger partial charge in [0, 0.05) is 13.0 Å². The lowest BCUT2D eigenvalue weighted by Gasteiger charge is -2.21. The van der Waals surface area contributed by atoms with Gasteiger partial charge in [0.2, 0.25) is 5.91 Å². The van der Waals surface area contributed by atoms with Crippen LogP contribution in [0.25, 0.3) is 16.8 Å². The van der Waals surface area contributed by atoms with Crippen molar-refractivity contribution < 1.29 is 9.18 Å². The molecular formula is C25H21FN4O. The van der Waals surface area contributed by atoms with Gasteiger partial charge < -0.3 is 4.90 Å². The van der Waals surface area contributed by atoms with Gasteiger partial charge in [-0.1, -0.05) is 53.7 Å². The van der Waals surface area contributed by atoms with E-state index in [9.17, 15) is 9.18 Å². The van der Waals surface area contributed by atoms with E-state index in [2.05, 4.69) is 10.3 Å². The number of rotatable bonds is 4. The summed E-state index contributed by atoms with van der Waals surface area (Å²) in [6.45, 7) is 0.917. The summed E-state index contributed by atoms with van der Waals surface area (Å²) in [5, 5.41) is 8.28. The van der Waals surface area contributed by atoms with Gasteiger partial charge in [0.15, 0.2) is 0 Å². The molecular weight excluding hydrogens is 391 g/mol. The van der Waals surface area contributed by atoms with Crippen molar-refractivity contribution >= 4 is 5.91 Å². The van der Waals surface area contributed by atoms with Crippen molar-refractivity contribution in [3.63, 3.8) is 0 Å². The second-order valence-electron chi connectivity index (χ2n) is 7.73. The maximum Gasteiger partial charge on any atom is 0.223 e. The highest BCUT2D eigenvalue weighted by atomic mass is 19.1. The van der Waals surface area contributed by atoms with E-state index in [1.807, 2.05) is 59.5 Å². The molecule has 5 rings (SSSR count). The third-order valence-electron chi connectivity index (χ3n) is 5.62. The third kappa shape index (κ3) is 3.97. The summed E-state index contributed by atoms with van der Waals surface area (Å²) in [6.07, 6.45) is 2.83. The molecule has 0 saturated heterocycles. The number of hydrogen-bond acceptors (Lipinski definition) is 3. The predicted molar refractivity (Wildman–Crippen MR) is 116 cm³/mol. The number of benzene rings is 3. The molecule has 1 amide bonds. The van der Waals surface area contributed by atoms with Gasteiger partial charge in [0.05, 0.1) is 24.1 Å².